The third kappa shape index (κ3) is 12.5. The van der Waals surface area contributed by atoms with E-state index in [0.717, 1.165) is 31.9 Å². The lowest BCUT2D eigenvalue weighted by Crippen LogP contribution is -2.39. The second-order valence-corrected chi connectivity index (χ2v) is 6.25. The van der Waals surface area contributed by atoms with E-state index in [4.69, 9.17) is 9.47 Å². The van der Waals surface area contributed by atoms with Crippen LogP contribution in [0.2, 0.25) is 0 Å². The van der Waals surface area contributed by atoms with E-state index in [9.17, 15) is 0 Å². The Kier molecular flexibility index (Phi) is 10.3. The van der Waals surface area contributed by atoms with Crippen molar-refractivity contribution >= 4 is 11.8 Å². The predicted molar refractivity (Wildman–Crippen MR) is 76.7 cm³/mol. The van der Waals surface area contributed by atoms with Gasteiger partial charge < -0.3 is 9.47 Å². The van der Waals surface area contributed by atoms with Gasteiger partial charge in [-0.1, -0.05) is 13.8 Å². The van der Waals surface area contributed by atoms with E-state index in [1.54, 1.807) is 11.8 Å². The van der Waals surface area contributed by atoms with Gasteiger partial charge in [0.15, 0.2) is 0 Å². The van der Waals surface area contributed by atoms with Gasteiger partial charge in [0.2, 0.25) is 0 Å². The van der Waals surface area contributed by atoms with Gasteiger partial charge in [0, 0.05) is 18.9 Å². The Morgan fingerprint density at radius 3 is 2.53 bits per heavy atom. The van der Waals surface area contributed by atoms with Crippen molar-refractivity contribution in [1.82, 2.24) is 5.32 Å². The van der Waals surface area contributed by atoms with Crippen LogP contribution in [0.25, 0.3) is 0 Å². The van der Waals surface area contributed by atoms with E-state index < -0.39 is 0 Å². The molecule has 0 atom stereocenters. The Morgan fingerprint density at radius 2 is 1.94 bits per heavy atom. The summed E-state index contributed by atoms with van der Waals surface area (Å²) in [5.74, 6) is 1.75. The molecule has 0 amide bonds. The maximum atomic E-state index is 5.85. The molecule has 0 aliphatic carbocycles. The van der Waals surface area contributed by atoms with Crippen LogP contribution in [0.5, 0.6) is 0 Å². The Morgan fingerprint density at radius 1 is 1.24 bits per heavy atom. The van der Waals surface area contributed by atoms with Gasteiger partial charge >= 0.3 is 0 Å². The Hall–Kier alpha value is 0.230. The molecule has 0 aromatic carbocycles. The summed E-state index contributed by atoms with van der Waals surface area (Å²) in [5, 5.41) is 3.27. The summed E-state index contributed by atoms with van der Waals surface area (Å²) in [4.78, 5) is 0. The monoisotopic (exact) mass is 263 g/mol. The number of ether oxygens (including phenoxy) is 2. The first-order valence-corrected chi connectivity index (χ1v) is 7.78. The molecule has 0 saturated heterocycles. The molecule has 4 heteroatoms. The molecule has 0 aromatic rings. The standard InChI is InChI=1S/C13H29NO2S/c1-12(2)6-7-16-13(3,4)10-14-11-15-8-9-17-5/h12,14H,6-11H2,1-5H3. The highest BCUT2D eigenvalue weighted by molar-refractivity contribution is 7.98. The molecule has 0 rings (SSSR count). The van der Waals surface area contributed by atoms with Crippen LogP contribution in [0.15, 0.2) is 0 Å². The minimum atomic E-state index is -0.113. The van der Waals surface area contributed by atoms with Crippen LogP contribution in [-0.4, -0.2) is 44.1 Å². The second kappa shape index (κ2) is 10.2. The fraction of sp³-hybridized carbons (Fsp3) is 1.00. The first-order valence-electron chi connectivity index (χ1n) is 6.39. The third-order valence-corrected chi connectivity index (χ3v) is 2.95. The summed E-state index contributed by atoms with van der Waals surface area (Å²) >= 11 is 1.80. The molecule has 0 fully saturated rings. The van der Waals surface area contributed by atoms with Gasteiger partial charge in [-0.25, -0.2) is 0 Å². The summed E-state index contributed by atoms with van der Waals surface area (Å²) in [5.41, 5.74) is -0.113. The molecule has 0 unspecified atom stereocenters. The summed E-state index contributed by atoms with van der Waals surface area (Å²) < 4.78 is 11.3. The van der Waals surface area contributed by atoms with E-state index in [2.05, 4.69) is 39.3 Å². The topological polar surface area (TPSA) is 30.5 Å². The van der Waals surface area contributed by atoms with Crippen LogP contribution in [0, 0.1) is 5.92 Å². The first kappa shape index (κ1) is 17.2. The lowest BCUT2D eigenvalue weighted by atomic mass is 10.1. The zero-order valence-electron chi connectivity index (χ0n) is 12.0. The van der Waals surface area contributed by atoms with Crippen LogP contribution in [0.4, 0.5) is 0 Å². The van der Waals surface area contributed by atoms with Crippen molar-refractivity contribution in [3.05, 3.63) is 0 Å². The molecule has 0 aliphatic heterocycles. The minimum absolute atomic E-state index is 0.113. The van der Waals surface area contributed by atoms with Gasteiger partial charge in [0.05, 0.1) is 18.9 Å². The van der Waals surface area contributed by atoms with E-state index in [1.807, 2.05) is 0 Å². The van der Waals surface area contributed by atoms with Crippen LogP contribution >= 0.6 is 11.8 Å². The van der Waals surface area contributed by atoms with Gasteiger partial charge in [0.1, 0.15) is 0 Å². The van der Waals surface area contributed by atoms with Gasteiger partial charge in [-0.3, -0.25) is 5.32 Å². The number of rotatable bonds is 11. The van der Waals surface area contributed by atoms with E-state index in [1.165, 1.54) is 0 Å². The third-order valence-electron chi connectivity index (χ3n) is 2.37. The smallest absolute Gasteiger partial charge is 0.0966 e. The normalized spacial score (nSPS) is 12.4. The van der Waals surface area contributed by atoms with Gasteiger partial charge in [-0.05, 0) is 32.4 Å². The number of hydrogen-bond donors (Lipinski definition) is 1. The fourth-order valence-electron chi connectivity index (χ4n) is 1.26. The van der Waals surface area contributed by atoms with Crippen molar-refractivity contribution < 1.29 is 9.47 Å². The molecule has 0 saturated carbocycles. The van der Waals surface area contributed by atoms with Crippen LogP contribution < -0.4 is 5.32 Å². The molecule has 17 heavy (non-hydrogen) atoms. The highest BCUT2D eigenvalue weighted by Crippen LogP contribution is 2.10. The molecule has 0 bridgehead atoms. The average molecular weight is 263 g/mol. The molecular weight excluding hydrogens is 234 g/mol. The Labute approximate surface area is 111 Å². The Bertz CT molecular complexity index is 175. The summed E-state index contributed by atoms with van der Waals surface area (Å²) in [6, 6.07) is 0. The maximum Gasteiger partial charge on any atom is 0.0966 e. The molecule has 0 spiro atoms. The molecule has 0 aliphatic rings. The zero-order valence-corrected chi connectivity index (χ0v) is 12.9. The van der Waals surface area contributed by atoms with Crippen molar-refractivity contribution in [2.45, 2.75) is 39.7 Å². The molecular formula is C13H29NO2S. The lowest BCUT2D eigenvalue weighted by Gasteiger charge is -2.26. The minimum Gasteiger partial charge on any atom is -0.374 e. The summed E-state index contributed by atoms with van der Waals surface area (Å²) in [6.45, 7) is 11.7. The molecule has 1 N–H and O–H groups in total. The van der Waals surface area contributed by atoms with E-state index in [0.29, 0.717) is 12.6 Å². The van der Waals surface area contributed by atoms with Crippen molar-refractivity contribution in [1.29, 1.82) is 0 Å². The largest absolute Gasteiger partial charge is 0.374 e. The van der Waals surface area contributed by atoms with Crippen molar-refractivity contribution in [2.24, 2.45) is 5.92 Å². The predicted octanol–water partition coefficient (Wildman–Crippen LogP) is 2.75. The lowest BCUT2D eigenvalue weighted by molar-refractivity contribution is -0.0265. The SMILES string of the molecule is CSCCOCNCC(C)(C)OCCC(C)C. The fourth-order valence-corrected chi connectivity index (χ4v) is 1.55. The molecule has 0 heterocycles. The highest BCUT2D eigenvalue weighted by atomic mass is 32.2. The van der Waals surface area contributed by atoms with E-state index >= 15 is 0 Å². The molecule has 3 nitrogen and oxygen atoms in total. The number of thioether (sulfide) groups is 1. The van der Waals surface area contributed by atoms with Crippen molar-refractivity contribution in [3.8, 4) is 0 Å². The zero-order chi connectivity index (χ0) is 13.1. The first-order chi connectivity index (χ1) is 7.98. The highest BCUT2D eigenvalue weighted by Gasteiger charge is 2.17. The second-order valence-electron chi connectivity index (χ2n) is 5.26. The van der Waals surface area contributed by atoms with Gasteiger partial charge in [0.25, 0.3) is 0 Å². The molecule has 104 valence electrons. The average Bonchev–Trinajstić information content (AvgIpc) is 2.22. The Balaban J connectivity index is 3.43. The number of nitrogens with one attached hydrogen (secondary N) is 1. The maximum absolute atomic E-state index is 5.85. The van der Waals surface area contributed by atoms with Crippen LogP contribution in [0.1, 0.15) is 34.1 Å². The van der Waals surface area contributed by atoms with Gasteiger partial charge in [-0.2, -0.15) is 11.8 Å². The number of hydrogen-bond acceptors (Lipinski definition) is 4. The van der Waals surface area contributed by atoms with Crippen LogP contribution in [-0.2, 0) is 9.47 Å². The van der Waals surface area contributed by atoms with Gasteiger partial charge in [-0.15, -0.1) is 0 Å². The molecule has 0 aromatic heterocycles. The van der Waals surface area contributed by atoms with Crippen LogP contribution in [0.3, 0.4) is 0 Å². The summed E-state index contributed by atoms with van der Waals surface area (Å²) in [6.07, 6.45) is 3.20. The van der Waals surface area contributed by atoms with E-state index in [-0.39, 0.29) is 5.60 Å². The van der Waals surface area contributed by atoms with Crippen molar-refractivity contribution in [3.63, 3.8) is 0 Å². The quantitative estimate of drug-likeness (QED) is 0.459. The van der Waals surface area contributed by atoms with Crippen molar-refractivity contribution in [2.75, 3.05) is 38.5 Å². The molecule has 0 radical (unpaired) electrons. The summed E-state index contributed by atoms with van der Waals surface area (Å²) in [7, 11) is 0.